The largest absolute Gasteiger partial charge is 0.395 e. The number of aliphatic hydroxyl groups excluding tert-OH is 1. The lowest BCUT2D eigenvalue weighted by atomic mass is 9.78. The average Bonchev–Trinajstić information content (AvgIpc) is 2.31. The van der Waals surface area contributed by atoms with Crippen LogP contribution in [0.4, 0.5) is 4.39 Å². The van der Waals surface area contributed by atoms with Gasteiger partial charge < -0.3 is 10.0 Å². The second-order valence-electron chi connectivity index (χ2n) is 3.97. The van der Waals surface area contributed by atoms with Crippen molar-refractivity contribution in [2.75, 3.05) is 26.2 Å². The first-order valence-corrected chi connectivity index (χ1v) is 5.79. The summed E-state index contributed by atoms with van der Waals surface area (Å²) in [5, 5.41) is 9.23. The smallest absolute Gasteiger partial charge is 0.0866 e. The van der Waals surface area contributed by atoms with Gasteiger partial charge in [-0.15, -0.1) is 0 Å². The van der Waals surface area contributed by atoms with Crippen LogP contribution < -0.4 is 0 Å². The molecule has 90 valence electrons. The van der Waals surface area contributed by atoms with E-state index in [-0.39, 0.29) is 12.0 Å². The van der Waals surface area contributed by atoms with Crippen LogP contribution in [0.25, 0.3) is 0 Å². The van der Waals surface area contributed by atoms with Crippen LogP contribution in [0, 0.1) is 5.41 Å². The standard InChI is InChI=1S/C10H18FNO.C2H6/c1-3-12-5-4-9(6-11)10(2,7-12)8-13;1-2/h6,13H,3-5,7-8H2,1-2H3;1-2H3/b9-6+;/t10-;/m0./s1. The van der Waals surface area contributed by atoms with Gasteiger partial charge in [0.05, 0.1) is 12.9 Å². The molecule has 1 atom stereocenters. The Morgan fingerprint density at radius 2 is 2.13 bits per heavy atom. The van der Waals surface area contributed by atoms with Crippen LogP contribution >= 0.6 is 0 Å². The van der Waals surface area contributed by atoms with Crippen molar-refractivity contribution in [3.63, 3.8) is 0 Å². The van der Waals surface area contributed by atoms with Crippen molar-refractivity contribution in [2.24, 2.45) is 5.41 Å². The van der Waals surface area contributed by atoms with Crippen molar-refractivity contribution in [1.82, 2.24) is 4.90 Å². The fraction of sp³-hybridized carbons (Fsp3) is 0.833. The summed E-state index contributed by atoms with van der Waals surface area (Å²) in [5.74, 6) is 0. The predicted molar refractivity (Wildman–Crippen MR) is 62.5 cm³/mol. The van der Waals surface area contributed by atoms with Crippen LogP contribution in [0.15, 0.2) is 11.9 Å². The van der Waals surface area contributed by atoms with Gasteiger partial charge in [-0.25, -0.2) is 4.39 Å². The molecule has 0 radical (unpaired) electrons. The molecule has 0 spiro atoms. The Balaban J connectivity index is 0.000000921. The minimum atomic E-state index is -0.372. The van der Waals surface area contributed by atoms with Gasteiger partial charge in [0.25, 0.3) is 0 Å². The molecule has 1 rings (SSSR count). The van der Waals surface area contributed by atoms with Crippen LogP contribution in [-0.4, -0.2) is 36.2 Å². The van der Waals surface area contributed by atoms with E-state index in [1.54, 1.807) is 0 Å². The van der Waals surface area contributed by atoms with E-state index in [9.17, 15) is 9.50 Å². The van der Waals surface area contributed by atoms with Gasteiger partial charge in [0.2, 0.25) is 0 Å². The number of hydrogen-bond acceptors (Lipinski definition) is 2. The molecule has 0 aromatic heterocycles. The van der Waals surface area contributed by atoms with Gasteiger partial charge in [0.1, 0.15) is 0 Å². The number of nitrogens with zero attached hydrogens (tertiary/aromatic N) is 1. The summed E-state index contributed by atoms with van der Waals surface area (Å²) in [5.41, 5.74) is 0.378. The van der Waals surface area contributed by atoms with E-state index in [4.69, 9.17) is 0 Å². The molecule has 1 heterocycles. The van der Waals surface area contributed by atoms with Crippen LogP contribution in [-0.2, 0) is 0 Å². The highest BCUT2D eigenvalue weighted by atomic mass is 19.1. The van der Waals surface area contributed by atoms with E-state index in [1.165, 1.54) is 0 Å². The number of hydrogen-bond donors (Lipinski definition) is 1. The SMILES string of the molecule is CC.CCN1CC/C(=C\F)[C@](C)(CO)C1. The number of rotatable bonds is 2. The van der Waals surface area contributed by atoms with Gasteiger partial charge in [0, 0.05) is 18.5 Å². The molecule has 0 amide bonds. The van der Waals surface area contributed by atoms with Crippen molar-refractivity contribution in [2.45, 2.75) is 34.1 Å². The molecule has 2 nitrogen and oxygen atoms in total. The highest BCUT2D eigenvalue weighted by molar-refractivity contribution is 5.15. The first-order chi connectivity index (χ1) is 7.16. The summed E-state index contributed by atoms with van der Waals surface area (Å²) in [4.78, 5) is 2.24. The normalized spacial score (nSPS) is 29.9. The van der Waals surface area contributed by atoms with E-state index >= 15 is 0 Å². The fourth-order valence-electron chi connectivity index (χ4n) is 1.86. The molecule has 0 aliphatic carbocycles. The zero-order chi connectivity index (χ0) is 11.9. The molecule has 0 saturated carbocycles. The molecule has 0 bridgehead atoms. The topological polar surface area (TPSA) is 23.5 Å². The predicted octanol–water partition coefficient (Wildman–Crippen LogP) is 2.59. The average molecular weight is 217 g/mol. The molecule has 0 aromatic carbocycles. The molecule has 1 saturated heterocycles. The zero-order valence-electron chi connectivity index (χ0n) is 10.4. The number of piperidine rings is 1. The number of aliphatic hydroxyl groups is 1. The van der Waals surface area contributed by atoms with Crippen molar-refractivity contribution in [3.8, 4) is 0 Å². The number of halogens is 1. The van der Waals surface area contributed by atoms with Gasteiger partial charge >= 0.3 is 0 Å². The van der Waals surface area contributed by atoms with E-state index < -0.39 is 0 Å². The lowest BCUT2D eigenvalue weighted by Crippen LogP contribution is -2.44. The second kappa shape index (κ2) is 6.96. The Kier molecular flexibility index (Phi) is 6.77. The first kappa shape index (κ1) is 14.6. The molecule has 1 aliphatic heterocycles. The third-order valence-corrected chi connectivity index (χ3v) is 2.97. The summed E-state index contributed by atoms with van der Waals surface area (Å²) in [7, 11) is 0. The Morgan fingerprint density at radius 1 is 1.53 bits per heavy atom. The van der Waals surface area contributed by atoms with E-state index in [1.807, 2.05) is 20.8 Å². The molecule has 15 heavy (non-hydrogen) atoms. The van der Waals surface area contributed by atoms with Gasteiger partial charge in [-0.1, -0.05) is 27.7 Å². The van der Waals surface area contributed by atoms with Crippen LogP contribution in [0.1, 0.15) is 34.1 Å². The monoisotopic (exact) mass is 217 g/mol. The Hall–Kier alpha value is -0.410. The highest BCUT2D eigenvalue weighted by Crippen LogP contribution is 2.34. The van der Waals surface area contributed by atoms with Crippen molar-refractivity contribution >= 4 is 0 Å². The third-order valence-electron chi connectivity index (χ3n) is 2.97. The van der Waals surface area contributed by atoms with E-state index in [2.05, 4.69) is 11.8 Å². The molecule has 1 N–H and O–H groups in total. The molecular weight excluding hydrogens is 193 g/mol. The van der Waals surface area contributed by atoms with Crippen molar-refractivity contribution in [1.29, 1.82) is 0 Å². The van der Waals surface area contributed by atoms with Gasteiger partial charge in [0.15, 0.2) is 0 Å². The molecular formula is C12H24FNO. The Morgan fingerprint density at radius 3 is 2.53 bits per heavy atom. The second-order valence-corrected chi connectivity index (χ2v) is 3.97. The molecule has 3 heteroatoms. The fourth-order valence-corrected chi connectivity index (χ4v) is 1.86. The lowest BCUT2D eigenvalue weighted by Gasteiger charge is -2.40. The third kappa shape index (κ3) is 3.58. The molecule has 0 unspecified atom stereocenters. The summed E-state index contributed by atoms with van der Waals surface area (Å²) in [6, 6.07) is 0. The van der Waals surface area contributed by atoms with Gasteiger partial charge in [-0.2, -0.15) is 0 Å². The quantitative estimate of drug-likeness (QED) is 0.768. The van der Waals surface area contributed by atoms with E-state index in [0.29, 0.717) is 6.33 Å². The molecule has 0 aromatic rings. The first-order valence-electron chi connectivity index (χ1n) is 5.79. The molecule has 1 aliphatic rings. The lowest BCUT2D eigenvalue weighted by molar-refractivity contribution is 0.0912. The Bertz CT molecular complexity index is 206. The maximum atomic E-state index is 12.5. The van der Waals surface area contributed by atoms with Gasteiger partial charge in [-0.3, -0.25) is 0 Å². The maximum absolute atomic E-state index is 12.5. The van der Waals surface area contributed by atoms with Crippen molar-refractivity contribution < 1.29 is 9.50 Å². The summed E-state index contributed by atoms with van der Waals surface area (Å²) < 4.78 is 12.5. The summed E-state index contributed by atoms with van der Waals surface area (Å²) >= 11 is 0. The minimum absolute atomic E-state index is 0.0270. The van der Waals surface area contributed by atoms with Gasteiger partial charge in [-0.05, 0) is 18.5 Å². The number of likely N-dealkylation sites (tertiary alicyclic amines) is 1. The zero-order valence-corrected chi connectivity index (χ0v) is 10.4. The van der Waals surface area contributed by atoms with E-state index in [0.717, 1.165) is 31.6 Å². The highest BCUT2D eigenvalue weighted by Gasteiger charge is 2.34. The summed E-state index contributed by atoms with van der Waals surface area (Å²) in [6.07, 6.45) is 1.41. The van der Waals surface area contributed by atoms with Crippen LogP contribution in [0.2, 0.25) is 0 Å². The van der Waals surface area contributed by atoms with Crippen molar-refractivity contribution in [3.05, 3.63) is 11.9 Å². The Labute approximate surface area is 92.8 Å². The summed E-state index contributed by atoms with van der Waals surface area (Å²) in [6.45, 7) is 10.7. The van der Waals surface area contributed by atoms with Crippen LogP contribution in [0.3, 0.4) is 0 Å². The maximum Gasteiger partial charge on any atom is 0.0866 e. The molecule has 1 fully saturated rings. The minimum Gasteiger partial charge on any atom is -0.395 e. The van der Waals surface area contributed by atoms with Crippen LogP contribution in [0.5, 0.6) is 0 Å².